The van der Waals surface area contributed by atoms with Crippen LogP contribution in [0, 0.1) is 26.2 Å². The molecule has 18 heteroatoms. The van der Waals surface area contributed by atoms with Gasteiger partial charge < -0.3 is 34.0 Å². The smallest absolute Gasteiger partial charge is 0.293 e. The van der Waals surface area contributed by atoms with Crippen molar-refractivity contribution in [1.82, 2.24) is 39.6 Å². The first-order valence-electron chi connectivity index (χ1n) is 21.2. The molecule has 2 N–H and O–H groups in total. The second kappa shape index (κ2) is 16.5. The van der Waals surface area contributed by atoms with E-state index in [0.29, 0.717) is 34.6 Å². The van der Waals surface area contributed by atoms with Crippen LogP contribution in [0.2, 0.25) is 5.02 Å². The van der Waals surface area contributed by atoms with Crippen LogP contribution in [-0.4, -0.2) is 78.8 Å². The number of oxazole rings is 1. The Morgan fingerprint density at radius 1 is 1.05 bits per heavy atom. The van der Waals surface area contributed by atoms with Gasteiger partial charge in [-0.2, -0.15) is 4.98 Å². The molecule has 0 radical (unpaired) electrons. The topological polar surface area (TPSA) is 180 Å². The minimum Gasteiger partial charge on any atom is -0.490 e. The quantitative estimate of drug-likeness (QED) is 0.132. The van der Waals surface area contributed by atoms with E-state index in [-0.39, 0.29) is 41.4 Å². The van der Waals surface area contributed by atoms with Gasteiger partial charge in [0.15, 0.2) is 29.9 Å². The number of aromatic nitrogens is 7. The highest BCUT2D eigenvalue weighted by molar-refractivity contribution is 7.15. The number of rotatable bonds is 11. The minimum absolute atomic E-state index is 0.0844. The molecule has 1 atom stereocenters. The Kier molecular flexibility index (Phi) is 10.7. The molecule has 7 heterocycles. The van der Waals surface area contributed by atoms with Crippen molar-refractivity contribution >= 4 is 62.9 Å². The lowest BCUT2D eigenvalue weighted by atomic mass is 9.61. The number of halogens is 1. The summed E-state index contributed by atoms with van der Waals surface area (Å²) >= 11 is 8.35. The van der Waals surface area contributed by atoms with Crippen LogP contribution in [0.5, 0.6) is 11.5 Å². The van der Waals surface area contributed by atoms with Crippen molar-refractivity contribution in [3.05, 3.63) is 122 Å². The molecular weight excluding hydrogens is 854 g/mol. The monoisotopic (exact) mass is 899 g/mol. The van der Waals surface area contributed by atoms with E-state index in [1.165, 1.54) is 22.1 Å². The predicted octanol–water partition coefficient (Wildman–Crippen LogP) is 7.37. The molecule has 1 saturated heterocycles. The number of likely N-dealkylation sites (N-methyl/N-ethyl adjacent to an activating group) is 1. The molecule has 0 bridgehead atoms. The van der Waals surface area contributed by atoms with Gasteiger partial charge in [-0.25, -0.2) is 9.97 Å². The number of hydrogen-bond donors (Lipinski definition) is 2. The number of anilines is 3. The fraction of sp³-hybridized carbons (Fsp3) is 0.348. The summed E-state index contributed by atoms with van der Waals surface area (Å²) in [5.74, 6) is 3.89. The lowest BCUT2D eigenvalue weighted by molar-refractivity contribution is -0.122. The van der Waals surface area contributed by atoms with Gasteiger partial charge in [-0.15, -0.1) is 21.5 Å². The van der Waals surface area contributed by atoms with Gasteiger partial charge in [-0.05, 0) is 106 Å². The van der Waals surface area contributed by atoms with E-state index in [1.54, 1.807) is 43.1 Å². The van der Waals surface area contributed by atoms with Crippen molar-refractivity contribution in [3.8, 4) is 16.5 Å². The summed E-state index contributed by atoms with van der Waals surface area (Å²) in [6.07, 6.45) is 9.48. The van der Waals surface area contributed by atoms with Crippen LogP contribution in [-0.2, 0) is 18.3 Å². The van der Waals surface area contributed by atoms with Gasteiger partial charge in [0.2, 0.25) is 5.95 Å². The Balaban J connectivity index is 0.786. The number of carbonyl (C=O) groups is 1. The third kappa shape index (κ3) is 7.65. The first-order valence-corrected chi connectivity index (χ1v) is 22.4. The fourth-order valence-corrected chi connectivity index (χ4v) is 10.4. The van der Waals surface area contributed by atoms with Gasteiger partial charge in [0.05, 0.1) is 36.1 Å². The molecule has 7 aromatic rings. The largest absolute Gasteiger partial charge is 0.490 e. The molecule has 1 saturated carbocycles. The Morgan fingerprint density at radius 3 is 2.59 bits per heavy atom. The van der Waals surface area contributed by atoms with E-state index in [2.05, 4.69) is 78.4 Å². The molecule has 1 aliphatic carbocycles. The number of fused-ring (bicyclic) bond motifs is 4. The van der Waals surface area contributed by atoms with Gasteiger partial charge in [0, 0.05) is 54.3 Å². The molecule has 5 aromatic heterocycles. The average molecular weight is 900 g/mol. The lowest BCUT2D eigenvalue weighted by Crippen LogP contribution is -2.51. The molecule has 16 nitrogen and oxygen atoms in total. The maximum atomic E-state index is 12.9. The molecular formula is C46H46ClN11O5S. The maximum Gasteiger partial charge on any atom is 0.293 e. The number of thiophene rings is 1. The molecule has 3 aliphatic rings. The summed E-state index contributed by atoms with van der Waals surface area (Å²) < 4.78 is 21.4. The maximum absolute atomic E-state index is 12.9. The number of aliphatic imine (C=N–C) groups is 1. The van der Waals surface area contributed by atoms with Gasteiger partial charge in [-0.3, -0.25) is 19.1 Å². The van der Waals surface area contributed by atoms with Crippen LogP contribution in [0.1, 0.15) is 70.8 Å². The number of aryl methyl sites for hydroxylation is 3. The number of ether oxygens (including phenoxy) is 2. The Bertz CT molecular complexity index is 3000. The number of amides is 1. The average Bonchev–Trinajstić information content (AvgIpc) is 4.00. The van der Waals surface area contributed by atoms with Crippen molar-refractivity contribution in [2.24, 2.45) is 17.5 Å². The van der Waals surface area contributed by atoms with E-state index < -0.39 is 0 Å². The summed E-state index contributed by atoms with van der Waals surface area (Å²) in [7, 11) is 3.18. The summed E-state index contributed by atoms with van der Waals surface area (Å²) in [5, 5.41) is 17.1. The lowest BCUT2D eigenvalue weighted by Gasteiger charge is -2.51. The number of nitrogens with one attached hydrogen (secondary N) is 2. The number of carbonyl (C=O) groups excluding carboxylic acids is 1. The second-order valence-electron chi connectivity index (χ2n) is 16.8. The fourth-order valence-electron chi connectivity index (χ4n) is 9.09. The van der Waals surface area contributed by atoms with E-state index in [0.717, 1.165) is 89.1 Å². The Labute approximate surface area is 377 Å². The van der Waals surface area contributed by atoms with Crippen LogP contribution in [0.4, 0.5) is 17.5 Å². The van der Waals surface area contributed by atoms with Crippen LogP contribution in [0.15, 0.2) is 81.4 Å². The molecule has 0 unspecified atom stereocenters. The third-order valence-corrected chi connectivity index (χ3v) is 14.2. The van der Waals surface area contributed by atoms with Crippen molar-refractivity contribution in [3.63, 3.8) is 0 Å². The number of piperidine rings is 1. The minimum atomic E-state index is -0.332. The summed E-state index contributed by atoms with van der Waals surface area (Å²) in [4.78, 5) is 47.2. The Morgan fingerprint density at radius 2 is 1.84 bits per heavy atom. The molecule has 1 amide bonds. The van der Waals surface area contributed by atoms with Gasteiger partial charge in [0.1, 0.15) is 33.9 Å². The number of benzene rings is 2. The normalized spacial score (nSPS) is 16.8. The SMILES string of the molecule is CNC(=O)COc1cc2cc(Nc3nc(N4CCC5(CC4)CC(Oc4ccc(C6=N[C@@H](Cc7ncco7)c7nnc(C)n7-c7sc(C)c(C)c76)cc4)C5)ncc3Cl)ccc2n(C)c1=O. The molecule has 64 heavy (non-hydrogen) atoms. The van der Waals surface area contributed by atoms with Crippen LogP contribution in [0.3, 0.4) is 0 Å². The Hall–Kier alpha value is -6.59. The number of nitrogens with zero attached hydrogens (tertiary/aromatic N) is 9. The molecule has 2 fully saturated rings. The van der Waals surface area contributed by atoms with Gasteiger partial charge in [0.25, 0.3) is 11.5 Å². The van der Waals surface area contributed by atoms with Crippen molar-refractivity contribution in [2.75, 3.05) is 37.0 Å². The van der Waals surface area contributed by atoms with Crippen LogP contribution >= 0.6 is 22.9 Å². The van der Waals surface area contributed by atoms with Crippen LogP contribution < -0.4 is 30.6 Å². The second-order valence-corrected chi connectivity index (χ2v) is 18.4. The molecule has 2 aromatic carbocycles. The molecule has 1 spiro atoms. The standard InChI is InChI=1S/C46H46ClN11O5S/c1-25-26(2)64-44-39(25)40(52-34(20-38-49-14-17-61-38)42-55-54-27(3)58(42)44)28-6-9-31(10-7-28)63-32-21-46(22-32)12-15-57(16-13-46)45-50-23-33(47)41(53-45)51-30-8-11-35-29(18-30)19-36(43(60)56(35)5)62-24-37(59)48-4/h6-11,14,17-19,23,32,34H,12-13,15-16,20-22,24H2,1-5H3,(H,48,59)(H,50,51,53)/t34-/m0/s1. The molecule has 2 aliphatic heterocycles. The zero-order chi connectivity index (χ0) is 44.3. The third-order valence-electron chi connectivity index (χ3n) is 12.8. The zero-order valence-corrected chi connectivity index (χ0v) is 37.6. The summed E-state index contributed by atoms with van der Waals surface area (Å²) in [6.45, 7) is 7.67. The number of hydrogen-bond acceptors (Lipinski definition) is 14. The predicted molar refractivity (Wildman–Crippen MR) is 245 cm³/mol. The molecule has 10 rings (SSSR count). The summed E-state index contributed by atoms with van der Waals surface area (Å²) in [6, 6.07) is 15.2. The van der Waals surface area contributed by atoms with Crippen molar-refractivity contribution in [1.29, 1.82) is 0 Å². The van der Waals surface area contributed by atoms with E-state index in [9.17, 15) is 9.59 Å². The van der Waals surface area contributed by atoms with E-state index in [4.69, 9.17) is 35.5 Å². The van der Waals surface area contributed by atoms with E-state index >= 15 is 0 Å². The highest BCUT2D eigenvalue weighted by atomic mass is 35.5. The van der Waals surface area contributed by atoms with Crippen molar-refractivity contribution < 1.29 is 18.7 Å². The highest BCUT2D eigenvalue weighted by Crippen LogP contribution is 2.51. The first-order chi connectivity index (χ1) is 31.0. The van der Waals surface area contributed by atoms with Gasteiger partial charge in [-0.1, -0.05) is 11.6 Å². The zero-order valence-electron chi connectivity index (χ0n) is 36.0. The summed E-state index contributed by atoms with van der Waals surface area (Å²) in [5.41, 5.74) is 5.53. The van der Waals surface area contributed by atoms with Crippen molar-refractivity contribution in [2.45, 2.75) is 65.0 Å². The van der Waals surface area contributed by atoms with E-state index in [1.807, 2.05) is 25.1 Å². The highest BCUT2D eigenvalue weighted by Gasteiger charge is 2.47. The number of pyridine rings is 1. The van der Waals surface area contributed by atoms with Gasteiger partial charge >= 0.3 is 0 Å². The first kappa shape index (κ1) is 41.4. The van der Waals surface area contributed by atoms with Crippen LogP contribution in [0.25, 0.3) is 15.9 Å². The molecule has 328 valence electrons.